The summed E-state index contributed by atoms with van der Waals surface area (Å²) in [5, 5.41) is 3.02. The van der Waals surface area contributed by atoms with Crippen molar-refractivity contribution < 1.29 is 13.2 Å². The van der Waals surface area contributed by atoms with Gasteiger partial charge in [-0.3, -0.25) is 9.10 Å². The first-order valence-electron chi connectivity index (χ1n) is 8.39. The van der Waals surface area contributed by atoms with E-state index in [9.17, 15) is 13.2 Å². The van der Waals surface area contributed by atoms with Crippen molar-refractivity contribution in [3.8, 4) is 0 Å². The number of sulfonamides is 1. The molecule has 134 valence electrons. The minimum absolute atomic E-state index is 0.151. The first-order chi connectivity index (χ1) is 11.4. The molecule has 1 aromatic rings. The molecule has 7 heteroatoms. The van der Waals surface area contributed by atoms with Crippen molar-refractivity contribution in [2.75, 3.05) is 17.1 Å². The van der Waals surface area contributed by atoms with Crippen LogP contribution < -0.4 is 9.62 Å². The highest BCUT2D eigenvalue weighted by Crippen LogP contribution is 2.27. The van der Waals surface area contributed by atoms with E-state index in [0.717, 1.165) is 36.2 Å². The topological polar surface area (TPSA) is 66.5 Å². The minimum atomic E-state index is -3.55. The summed E-state index contributed by atoms with van der Waals surface area (Å²) in [6, 6.07) is 7.17. The van der Waals surface area contributed by atoms with Crippen LogP contribution in [0, 0.1) is 0 Å². The molecular weight excluding hydrogens is 392 g/mol. The average molecular weight is 417 g/mol. The lowest BCUT2D eigenvalue weighted by Crippen LogP contribution is -2.44. The van der Waals surface area contributed by atoms with Gasteiger partial charge in [0.05, 0.1) is 11.9 Å². The Hall–Kier alpha value is -1.08. The van der Waals surface area contributed by atoms with E-state index < -0.39 is 10.0 Å². The predicted molar refractivity (Wildman–Crippen MR) is 101 cm³/mol. The molecule has 0 saturated heterocycles. The third-order valence-electron chi connectivity index (χ3n) is 4.28. The van der Waals surface area contributed by atoms with Crippen LogP contribution in [0.25, 0.3) is 0 Å². The number of amides is 1. The summed E-state index contributed by atoms with van der Waals surface area (Å²) in [4.78, 5) is 12.4. The Morgan fingerprint density at radius 1 is 1.17 bits per heavy atom. The van der Waals surface area contributed by atoms with Crippen molar-refractivity contribution >= 4 is 37.5 Å². The van der Waals surface area contributed by atoms with Crippen LogP contribution in [0.2, 0.25) is 0 Å². The number of hydrogen-bond acceptors (Lipinski definition) is 3. The molecule has 0 heterocycles. The summed E-state index contributed by atoms with van der Waals surface area (Å²) >= 11 is 3.36. The molecule has 5 nitrogen and oxygen atoms in total. The number of benzene rings is 1. The molecule has 0 radical (unpaired) electrons. The Morgan fingerprint density at radius 2 is 1.75 bits per heavy atom. The lowest BCUT2D eigenvalue weighted by Gasteiger charge is -2.25. The summed E-state index contributed by atoms with van der Waals surface area (Å²) in [6.07, 6.45) is 8.98. The van der Waals surface area contributed by atoms with Crippen LogP contribution in [0.1, 0.15) is 44.9 Å². The third kappa shape index (κ3) is 5.77. The first kappa shape index (κ1) is 19.2. The number of nitrogens with zero attached hydrogens (tertiary/aromatic N) is 1. The Kier molecular flexibility index (Phi) is 7.10. The Balaban J connectivity index is 2.06. The fourth-order valence-corrected chi connectivity index (χ4v) is 4.52. The van der Waals surface area contributed by atoms with Crippen LogP contribution in [-0.4, -0.2) is 33.2 Å². The van der Waals surface area contributed by atoms with Gasteiger partial charge in [-0.1, -0.05) is 44.2 Å². The Morgan fingerprint density at radius 3 is 2.33 bits per heavy atom. The number of rotatable bonds is 5. The third-order valence-corrected chi connectivity index (χ3v) is 6.08. The molecule has 1 saturated carbocycles. The van der Waals surface area contributed by atoms with Crippen molar-refractivity contribution in [3.05, 3.63) is 28.7 Å². The Bertz CT molecular complexity index is 656. The largest absolute Gasteiger partial charge is 0.352 e. The Labute approximate surface area is 153 Å². The van der Waals surface area contributed by atoms with Gasteiger partial charge in [-0.2, -0.15) is 0 Å². The number of halogens is 1. The summed E-state index contributed by atoms with van der Waals surface area (Å²) in [7, 11) is -3.55. The normalized spacial score (nSPS) is 16.9. The summed E-state index contributed by atoms with van der Waals surface area (Å²) in [6.45, 7) is -0.196. The molecule has 0 aliphatic heterocycles. The van der Waals surface area contributed by atoms with E-state index in [1.165, 1.54) is 19.3 Å². The molecule has 1 fully saturated rings. The van der Waals surface area contributed by atoms with Crippen molar-refractivity contribution in [1.29, 1.82) is 0 Å². The molecule has 0 unspecified atom stereocenters. The van der Waals surface area contributed by atoms with Gasteiger partial charge < -0.3 is 5.32 Å². The SMILES string of the molecule is CS(=O)(=O)N(CC(=O)NC1CCCCCCC1)c1ccccc1Br. The predicted octanol–water partition coefficient (Wildman–Crippen LogP) is 3.44. The zero-order valence-electron chi connectivity index (χ0n) is 14.0. The highest BCUT2D eigenvalue weighted by atomic mass is 79.9. The van der Waals surface area contributed by atoms with E-state index in [1.54, 1.807) is 18.2 Å². The van der Waals surface area contributed by atoms with E-state index >= 15 is 0 Å². The van der Waals surface area contributed by atoms with E-state index in [0.29, 0.717) is 10.2 Å². The lowest BCUT2D eigenvalue weighted by molar-refractivity contribution is -0.120. The standard InChI is InChI=1S/C17H25BrN2O3S/c1-24(22,23)20(16-12-8-7-11-15(16)18)13-17(21)19-14-9-5-3-2-4-6-10-14/h7-8,11-12,14H,2-6,9-10,13H2,1H3,(H,19,21). The zero-order valence-corrected chi connectivity index (χ0v) is 16.4. The minimum Gasteiger partial charge on any atom is -0.352 e. The van der Waals surface area contributed by atoms with Gasteiger partial charge in [0.2, 0.25) is 15.9 Å². The number of carbonyl (C=O) groups is 1. The summed E-state index contributed by atoms with van der Waals surface area (Å²) < 4.78 is 26.1. The van der Waals surface area contributed by atoms with E-state index in [1.807, 2.05) is 6.07 Å². The van der Waals surface area contributed by atoms with E-state index in [4.69, 9.17) is 0 Å². The maximum Gasteiger partial charge on any atom is 0.240 e. The van der Waals surface area contributed by atoms with Gasteiger partial charge in [0.1, 0.15) is 6.54 Å². The fourth-order valence-electron chi connectivity index (χ4n) is 3.04. The van der Waals surface area contributed by atoms with Crippen molar-refractivity contribution in [1.82, 2.24) is 5.32 Å². The monoisotopic (exact) mass is 416 g/mol. The zero-order chi connectivity index (χ0) is 17.6. The van der Waals surface area contributed by atoms with Crippen LogP contribution in [-0.2, 0) is 14.8 Å². The molecule has 1 aliphatic carbocycles. The molecule has 0 spiro atoms. The number of carbonyl (C=O) groups excluding carboxylic acids is 1. The second-order valence-corrected chi connectivity index (χ2v) is 9.09. The van der Waals surface area contributed by atoms with Gasteiger partial charge in [-0.15, -0.1) is 0 Å². The van der Waals surface area contributed by atoms with E-state index in [2.05, 4.69) is 21.2 Å². The van der Waals surface area contributed by atoms with Gasteiger partial charge in [-0.25, -0.2) is 8.42 Å². The highest BCUT2D eigenvalue weighted by Gasteiger charge is 2.24. The molecule has 0 atom stereocenters. The van der Waals surface area contributed by atoms with E-state index in [-0.39, 0.29) is 18.5 Å². The van der Waals surface area contributed by atoms with Gasteiger partial charge in [0, 0.05) is 10.5 Å². The van der Waals surface area contributed by atoms with Gasteiger partial charge >= 0.3 is 0 Å². The molecule has 1 amide bonds. The second-order valence-electron chi connectivity index (χ2n) is 6.33. The molecule has 0 aromatic heterocycles. The van der Waals surface area contributed by atoms with Crippen LogP contribution in [0.15, 0.2) is 28.7 Å². The molecule has 1 aromatic carbocycles. The van der Waals surface area contributed by atoms with Crippen molar-refractivity contribution in [2.45, 2.75) is 51.0 Å². The maximum atomic E-state index is 12.4. The maximum absolute atomic E-state index is 12.4. The molecule has 1 N–H and O–H groups in total. The van der Waals surface area contributed by atoms with Crippen molar-refractivity contribution in [3.63, 3.8) is 0 Å². The summed E-state index contributed by atoms with van der Waals surface area (Å²) in [5.74, 6) is -0.248. The number of hydrogen-bond donors (Lipinski definition) is 1. The van der Waals surface area contributed by atoms with Gasteiger partial charge in [-0.05, 0) is 40.9 Å². The molecule has 2 rings (SSSR count). The smallest absolute Gasteiger partial charge is 0.240 e. The van der Waals surface area contributed by atoms with Crippen molar-refractivity contribution in [2.24, 2.45) is 0 Å². The first-order valence-corrected chi connectivity index (χ1v) is 11.0. The van der Waals surface area contributed by atoms with Gasteiger partial charge in [0.25, 0.3) is 0 Å². The fraction of sp³-hybridized carbons (Fsp3) is 0.588. The summed E-state index contributed by atoms with van der Waals surface area (Å²) in [5.41, 5.74) is 0.479. The van der Waals surface area contributed by atoms with Crippen LogP contribution in [0.3, 0.4) is 0 Å². The van der Waals surface area contributed by atoms with Crippen LogP contribution in [0.5, 0.6) is 0 Å². The molecule has 0 bridgehead atoms. The number of para-hydroxylation sites is 1. The lowest BCUT2D eigenvalue weighted by atomic mass is 9.97. The number of anilines is 1. The molecular formula is C17H25BrN2O3S. The second kappa shape index (κ2) is 8.85. The van der Waals surface area contributed by atoms with Gasteiger partial charge in [0.15, 0.2) is 0 Å². The molecule has 1 aliphatic rings. The van der Waals surface area contributed by atoms with Crippen LogP contribution >= 0.6 is 15.9 Å². The quantitative estimate of drug-likeness (QED) is 0.798. The average Bonchev–Trinajstić information content (AvgIpc) is 2.47. The number of nitrogens with one attached hydrogen (secondary N) is 1. The van der Waals surface area contributed by atoms with Crippen LogP contribution in [0.4, 0.5) is 5.69 Å². The highest BCUT2D eigenvalue weighted by molar-refractivity contribution is 9.10. The molecule has 24 heavy (non-hydrogen) atoms.